The number of hydrogen-bond acceptors (Lipinski definition) is 3. The molecule has 1 rings (SSSR count). The number of nitrogens with zero attached hydrogens (tertiary/aromatic N) is 1. The van der Waals surface area contributed by atoms with Gasteiger partial charge in [0.1, 0.15) is 0 Å². The molecule has 0 saturated carbocycles. The summed E-state index contributed by atoms with van der Waals surface area (Å²) in [4.78, 5) is 2.47. The van der Waals surface area contributed by atoms with Crippen LogP contribution in [0.3, 0.4) is 0 Å². The molecule has 0 aromatic rings. The molecule has 0 amide bonds. The lowest BCUT2D eigenvalue weighted by Crippen LogP contribution is -2.31. The van der Waals surface area contributed by atoms with Gasteiger partial charge in [0.2, 0.25) is 0 Å². The van der Waals surface area contributed by atoms with Crippen LogP contribution in [0, 0.1) is 5.92 Å². The molecule has 1 unspecified atom stereocenters. The molecule has 1 aliphatic rings. The van der Waals surface area contributed by atoms with Gasteiger partial charge in [0, 0.05) is 13.2 Å². The summed E-state index contributed by atoms with van der Waals surface area (Å²) >= 11 is 0. The van der Waals surface area contributed by atoms with E-state index in [2.05, 4.69) is 11.9 Å². The quantitative estimate of drug-likeness (QED) is 0.630. The summed E-state index contributed by atoms with van der Waals surface area (Å²) in [6.45, 7) is 5.24. The maximum absolute atomic E-state index is 5.51. The fraction of sp³-hybridized carbons (Fsp3) is 1.00. The van der Waals surface area contributed by atoms with Crippen molar-refractivity contribution in [1.29, 1.82) is 0 Å². The van der Waals surface area contributed by atoms with E-state index in [9.17, 15) is 0 Å². The highest BCUT2D eigenvalue weighted by Crippen LogP contribution is 2.14. The van der Waals surface area contributed by atoms with Crippen LogP contribution in [-0.4, -0.2) is 44.8 Å². The molecule has 1 aliphatic heterocycles. The third kappa shape index (κ3) is 7.74. The van der Waals surface area contributed by atoms with Crippen LogP contribution >= 0.6 is 0 Å². The van der Waals surface area contributed by atoms with Crippen molar-refractivity contribution in [2.45, 2.75) is 44.9 Å². The number of unbranched alkanes of at least 4 members (excludes halogenated alkanes) is 4. The van der Waals surface area contributed by atoms with Crippen LogP contribution in [0.15, 0.2) is 0 Å². The number of hydrogen-bond donors (Lipinski definition) is 1. The smallest absolute Gasteiger partial charge is 0.0506 e. The van der Waals surface area contributed by atoms with E-state index in [1.807, 2.05) is 0 Å². The predicted molar refractivity (Wildman–Crippen MR) is 73.2 cm³/mol. The van der Waals surface area contributed by atoms with E-state index in [1.165, 1.54) is 58.0 Å². The van der Waals surface area contributed by atoms with Crippen molar-refractivity contribution in [3.05, 3.63) is 0 Å². The molecule has 0 aromatic heterocycles. The second kappa shape index (κ2) is 9.86. The van der Waals surface area contributed by atoms with Crippen molar-refractivity contribution in [3.63, 3.8) is 0 Å². The molecule has 2 N–H and O–H groups in total. The fourth-order valence-electron chi connectivity index (χ4n) is 2.54. The molecule has 0 aliphatic carbocycles. The van der Waals surface area contributed by atoms with Gasteiger partial charge in [-0.1, -0.05) is 19.3 Å². The topological polar surface area (TPSA) is 38.5 Å². The Kier molecular flexibility index (Phi) is 8.67. The lowest BCUT2D eigenvalue weighted by atomic mass is 10.0. The molecule has 102 valence electrons. The summed E-state index contributed by atoms with van der Waals surface area (Å²) in [5, 5.41) is 0. The Balaban J connectivity index is 1.91. The normalized spacial score (nSPS) is 21.0. The molecule has 1 heterocycles. The summed E-state index contributed by atoms with van der Waals surface area (Å²) in [6, 6.07) is 0. The maximum atomic E-state index is 5.51. The minimum absolute atomic E-state index is 0.769. The second-order valence-corrected chi connectivity index (χ2v) is 5.40. The highest BCUT2D eigenvalue weighted by atomic mass is 16.5. The van der Waals surface area contributed by atoms with Crippen LogP contribution in [0.1, 0.15) is 44.9 Å². The molecular weight excluding hydrogens is 212 g/mol. The molecule has 3 heteroatoms. The SMILES string of the molecule is CN(CCCCCCCN)CC1CCCOC1. The number of rotatable bonds is 9. The third-order valence-electron chi connectivity index (χ3n) is 3.57. The van der Waals surface area contributed by atoms with E-state index in [0.29, 0.717) is 0 Å². The number of nitrogens with two attached hydrogens (primary N) is 1. The van der Waals surface area contributed by atoms with Gasteiger partial charge in [0.15, 0.2) is 0 Å². The summed E-state index contributed by atoms with van der Waals surface area (Å²) in [6.07, 6.45) is 9.11. The molecule has 1 atom stereocenters. The standard InChI is InChI=1S/C14H30N2O/c1-16(10-6-4-2-3-5-9-15)12-14-8-7-11-17-13-14/h14H,2-13,15H2,1H3. The second-order valence-electron chi connectivity index (χ2n) is 5.40. The van der Waals surface area contributed by atoms with Gasteiger partial charge < -0.3 is 15.4 Å². The first-order chi connectivity index (χ1) is 8.33. The largest absolute Gasteiger partial charge is 0.381 e. The van der Waals surface area contributed by atoms with E-state index in [-0.39, 0.29) is 0 Å². The van der Waals surface area contributed by atoms with Crippen LogP contribution in [-0.2, 0) is 4.74 Å². The van der Waals surface area contributed by atoms with Crippen molar-refractivity contribution >= 4 is 0 Å². The van der Waals surface area contributed by atoms with Gasteiger partial charge in [-0.05, 0) is 51.7 Å². The van der Waals surface area contributed by atoms with Gasteiger partial charge in [-0.2, -0.15) is 0 Å². The Bertz CT molecular complexity index is 170. The average molecular weight is 242 g/mol. The molecule has 0 bridgehead atoms. The highest BCUT2D eigenvalue weighted by Gasteiger charge is 2.15. The lowest BCUT2D eigenvalue weighted by molar-refractivity contribution is 0.0419. The monoisotopic (exact) mass is 242 g/mol. The van der Waals surface area contributed by atoms with E-state index >= 15 is 0 Å². The van der Waals surface area contributed by atoms with Crippen molar-refractivity contribution in [3.8, 4) is 0 Å². The maximum Gasteiger partial charge on any atom is 0.0506 e. The minimum atomic E-state index is 0.769. The van der Waals surface area contributed by atoms with Crippen molar-refractivity contribution in [1.82, 2.24) is 4.90 Å². The van der Waals surface area contributed by atoms with Crippen LogP contribution in [0.4, 0.5) is 0 Å². The first-order valence-corrected chi connectivity index (χ1v) is 7.29. The molecule has 3 nitrogen and oxygen atoms in total. The first kappa shape index (κ1) is 14.9. The van der Waals surface area contributed by atoms with E-state index in [4.69, 9.17) is 10.5 Å². The van der Waals surface area contributed by atoms with E-state index in [0.717, 1.165) is 25.7 Å². The Morgan fingerprint density at radius 1 is 1.18 bits per heavy atom. The van der Waals surface area contributed by atoms with Gasteiger partial charge in [-0.15, -0.1) is 0 Å². The van der Waals surface area contributed by atoms with E-state index < -0.39 is 0 Å². The fourth-order valence-corrected chi connectivity index (χ4v) is 2.54. The van der Waals surface area contributed by atoms with Crippen LogP contribution in [0.2, 0.25) is 0 Å². The van der Waals surface area contributed by atoms with Crippen molar-refractivity contribution < 1.29 is 4.74 Å². The summed E-state index contributed by atoms with van der Waals surface area (Å²) in [5.74, 6) is 0.769. The Hall–Kier alpha value is -0.120. The number of ether oxygens (including phenoxy) is 1. The molecule has 1 saturated heterocycles. The first-order valence-electron chi connectivity index (χ1n) is 7.29. The van der Waals surface area contributed by atoms with Crippen LogP contribution in [0.25, 0.3) is 0 Å². The zero-order chi connectivity index (χ0) is 12.3. The molecular formula is C14H30N2O. The van der Waals surface area contributed by atoms with Gasteiger partial charge >= 0.3 is 0 Å². The molecule has 0 aromatic carbocycles. The van der Waals surface area contributed by atoms with Crippen LogP contribution < -0.4 is 5.73 Å². The zero-order valence-electron chi connectivity index (χ0n) is 11.5. The Labute approximate surface area is 107 Å². The molecule has 17 heavy (non-hydrogen) atoms. The molecule has 0 radical (unpaired) electrons. The lowest BCUT2D eigenvalue weighted by Gasteiger charge is -2.27. The van der Waals surface area contributed by atoms with Gasteiger partial charge in [-0.25, -0.2) is 0 Å². The Morgan fingerprint density at radius 2 is 1.94 bits per heavy atom. The average Bonchev–Trinajstić information content (AvgIpc) is 2.35. The van der Waals surface area contributed by atoms with E-state index in [1.54, 1.807) is 0 Å². The molecule has 1 fully saturated rings. The zero-order valence-corrected chi connectivity index (χ0v) is 11.5. The Morgan fingerprint density at radius 3 is 2.65 bits per heavy atom. The van der Waals surface area contributed by atoms with Crippen molar-refractivity contribution in [2.24, 2.45) is 11.7 Å². The van der Waals surface area contributed by atoms with Crippen molar-refractivity contribution in [2.75, 3.05) is 39.9 Å². The van der Waals surface area contributed by atoms with Gasteiger partial charge in [0.25, 0.3) is 0 Å². The summed E-state index contributed by atoms with van der Waals surface area (Å²) < 4.78 is 5.51. The third-order valence-corrected chi connectivity index (χ3v) is 3.57. The summed E-state index contributed by atoms with van der Waals surface area (Å²) in [5.41, 5.74) is 5.48. The highest BCUT2D eigenvalue weighted by molar-refractivity contribution is 4.67. The van der Waals surface area contributed by atoms with Gasteiger partial charge in [0.05, 0.1) is 6.61 Å². The van der Waals surface area contributed by atoms with Gasteiger partial charge in [-0.3, -0.25) is 0 Å². The van der Waals surface area contributed by atoms with Crippen LogP contribution in [0.5, 0.6) is 0 Å². The minimum Gasteiger partial charge on any atom is -0.381 e. The summed E-state index contributed by atoms with van der Waals surface area (Å²) in [7, 11) is 2.24. The molecule has 0 spiro atoms. The predicted octanol–water partition coefficient (Wildman–Crippen LogP) is 2.25.